The molecule has 2 nitrogen and oxygen atoms in total. The van der Waals surface area contributed by atoms with Gasteiger partial charge in [0, 0.05) is 6.04 Å². The third-order valence-corrected chi connectivity index (χ3v) is 3.22. The van der Waals surface area contributed by atoms with E-state index in [4.69, 9.17) is 4.42 Å². The second-order valence-corrected chi connectivity index (χ2v) is 4.52. The first kappa shape index (κ1) is 11.3. The molecule has 0 aliphatic carbocycles. The number of likely N-dealkylation sites (N-methyl/N-ethyl adjacent to an activating group) is 1. The summed E-state index contributed by atoms with van der Waals surface area (Å²) in [6, 6.07) is 2.54. The van der Waals surface area contributed by atoms with E-state index in [1.165, 1.54) is 12.0 Å². The Kier molecular flexibility index (Phi) is 3.76. The van der Waals surface area contributed by atoms with Gasteiger partial charge >= 0.3 is 0 Å². The minimum Gasteiger partial charge on any atom is -0.472 e. The number of furan rings is 1. The van der Waals surface area contributed by atoms with Crippen LogP contribution in [0.2, 0.25) is 0 Å². The topological polar surface area (TPSA) is 25.2 Å². The van der Waals surface area contributed by atoms with E-state index in [0.29, 0.717) is 11.5 Å². The van der Waals surface area contributed by atoms with Crippen molar-refractivity contribution in [3.63, 3.8) is 0 Å². The summed E-state index contributed by atoms with van der Waals surface area (Å²) in [5, 5.41) is 3.39. The molecule has 1 rings (SSSR count). The molecule has 2 heteroatoms. The predicted molar refractivity (Wildman–Crippen MR) is 59.3 cm³/mol. The smallest absolute Gasteiger partial charge is 0.0935 e. The third kappa shape index (κ3) is 2.61. The van der Waals surface area contributed by atoms with Crippen molar-refractivity contribution in [2.75, 3.05) is 7.05 Å². The molecule has 1 atom stereocenters. The maximum Gasteiger partial charge on any atom is 0.0935 e. The molecule has 0 fully saturated rings. The molecule has 1 aromatic heterocycles. The van der Waals surface area contributed by atoms with Crippen molar-refractivity contribution < 1.29 is 4.42 Å². The van der Waals surface area contributed by atoms with Gasteiger partial charge in [-0.15, -0.1) is 0 Å². The summed E-state index contributed by atoms with van der Waals surface area (Å²) in [6.07, 6.45) is 5.78. The van der Waals surface area contributed by atoms with Crippen molar-refractivity contribution in [3.8, 4) is 0 Å². The Morgan fingerprint density at radius 2 is 2.21 bits per heavy atom. The lowest BCUT2D eigenvalue weighted by atomic mass is 9.79. The summed E-state index contributed by atoms with van der Waals surface area (Å²) in [7, 11) is 2.03. The minimum atomic E-state index is 0.325. The maximum absolute atomic E-state index is 5.08. The zero-order valence-electron chi connectivity index (χ0n) is 9.63. The molecule has 14 heavy (non-hydrogen) atoms. The highest BCUT2D eigenvalue weighted by Crippen LogP contribution is 2.27. The molecule has 0 bridgehead atoms. The Morgan fingerprint density at radius 3 is 2.64 bits per heavy atom. The molecular weight excluding hydrogens is 174 g/mol. The molecule has 0 radical (unpaired) electrons. The molecule has 0 amide bonds. The van der Waals surface area contributed by atoms with Crippen molar-refractivity contribution in [1.82, 2.24) is 5.32 Å². The highest BCUT2D eigenvalue weighted by molar-refractivity contribution is 5.08. The standard InChI is InChI=1S/C12H21NO/c1-5-12(2,3)11(13-4)8-10-6-7-14-9-10/h6-7,9,11,13H,5,8H2,1-4H3. The number of hydrogen-bond donors (Lipinski definition) is 1. The average Bonchev–Trinajstić information content (AvgIpc) is 2.66. The third-order valence-electron chi connectivity index (χ3n) is 3.22. The lowest BCUT2D eigenvalue weighted by Gasteiger charge is -2.33. The first-order valence-electron chi connectivity index (χ1n) is 5.28. The molecule has 0 aliphatic heterocycles. The largest absolute Gasteiger partial charge is 0.472 e. The first-order valence-corrected chi connectivity index (χ1v) is 5.28. The van der Waals surface area contributed by atoms with Gasteiger partial charge in [-0.05, 0) is 36.9 Å². The molecule has 80 valence electrons. The SMILES string of the molecule is CCC(C)(C)C(Cc1ccoc1)NC. The van der Waals surface area contributed by atoms with Crippen molar-refractivity contribution in [2.24, 2.45) is 5.41 Å². The van der Waals surface area contributed by atoms with Crippen LogP contribution in [0, 0.1) is 5.41 Å². The number of nitrogens with one attached hydrogen (secondary N) is 1. The highest BCUT2D eigenvalue weighted by atomic mass is 16.3. The van der Waals surface area contributed by atoms with Gasteiger partial charge in [-0.2, -0.15) is 0 Å². The van der Waals surface area contributed by atoms with Crippen LogP contribution < -0.4 is 5.32 Å². The van der Waals surface area contributed by atoms with Crippen LogP contribution in [-0.2, 0) is 6.42 Å². The summed E-state index contributed by atoms with van der Waals surface area (Å²) in [5.41, 5.74) is 1.59. The van der Waals surface area contributed by atoms with E-state index in [1.807, 2.05) is 19.4 Å². The fraction of sp³-hybridized carbons (Fsp3) is 0.667. The van der Waals surface area contributed by atoms with Crippen molar-refractivity contribution in [2.45, 2.75) is 39.7 Å². The first-order chi connectivity index (χ1) is 6.60. The molecule has 0 saturated carbocycles. The summed E-state index contributed by atoms with van der Waals surface area (Å²) in [5.74, 6) is 0. The van der Waals surface area contributed by atoms with Crippen LogP contribution in [0.4, 0.5) is 0 Å². The van der Waals surface area contributed by atoms with Gasteiger partial charge in [-0.1, -0.05) is 20.8 Å². The predicted octanol–water partition coefficient (Wildman–Crippen LogP) is 2.85. The fourth-order valence-electron chi connectivity index (χ4n) is 1.66. The summed E-state index contributed by atoms with van der Waals surface area (Å²) >= 11 is 0. The van der Waals surface area contributed by atoms with Gasteiger partial charge in [-0.3, -0.25) is 0 Å². The summed E-state index contributed by atoms with van der Waals surface area (Å²) < 4.78 is 5.08. The highest BCUT2D eigenvalue weighted by Gasteiger charge is 2.26. The van der Waals surface area contributed by atoms with E-state index in [1.54, 1.807) is 6.26 Å². The van der Waals surface area contributed by atoms with Crippen LogP contribution >= 0.6 is 0 Å². The molecule has 0 saturated heterocycles. The molecule has 1 unspecified atom stereocenters. The van der Waals surface area contributed by atoms with Crippen LogP contribution in [0.1, 0.15) is 32.8 Å². The van der Waals surface area contributed by atoms with E-state index in [2.05, 4.69) is 26.1 Å². The van der Waals surface area contributed by atoms with E-state index < -0.39 is 0 Å². The molecule has 0 spiro atoms. The van der Waals surface area contributed by atoms with E-state index >= 15 is 0 Å². The lowest BCUT2D eigenvalue weighted by Crippen LogP contribution is -2.41. The molecule has 1 N–H and O–H groups in total. The summed E-state index contributed by atoms with van der Waals surface area (Å²) in [6.45, 7) is 6.84. The van der Waals surface area contributed by atoms with Crippen molar-refractivity contribution in [3.05, 3.63) is 24.2 Å². The molecule has 0 aromatic carbocycles. The van der Waals surface area contributed by atoms with E-state index in [9.17, 15) is 0 Å². The molecule has 1 heterocycles. The van der Waals surface area contributed by atoms with Gasteiger partial charge in [-0.25, -0.2) is 0 Å². The maximum atomic E-state index is 5.08. The Hall–Kier alpha value is -0.760. The quantitative estimate of drug-likeness (QED) is 0.781. The van der Waals surface area contributed by atoms with Crippen LogP contribution in [0.5, 0.6) is 0 Å². The van der Waals surface area contributed by atoms with Crippen molar-refractivity contribution >= 4 is 0 Å². The van der Waals surface area contributed by atoms with Crippen LogP contribution in [0.3, 0.4) is 0 Å². The van der Waals surface area contributed by atoms with Crippen LogP contribution in [-0.4, -0.2) is 13.1 Å². The minimum absolute atomic E-state index is 0.325. The van der Waals surface area contributed by atoms with Gasteiger partial charge in [0.15, 0.2) is 0 Å². The average molecular weight is 195 g/mol. The zero-order valence-corrected chi connectivity index (χ0v) is 9.63. The van der Waals surface area contributed by atoms with Crippen LogP contribution in [0.25, 0.3) is 0 Å². The molecule has 0 aliphatic rings. The Labute approximate surface area is 86.7 Å². The van der Waals surface area contributed by atoms with Crippen molar-refractivity contribution in [1.29, 1.82) is 0 Å². The van der Waals surface area contributed by atoms with E-state index in [-0.39, 0.29) is 0 Å². The number of rotatable bonds is 5. The Bertz CT molecular complexity index is 251. The second kappa shape index (κ2) is 4.65. The lowest BCUT2D eigenvalue weighted by molar-refractivity contribution is 0.240. The normalized spacial score (nSPS) is 14.3. The number of hydrogen-bond acceptors (Lipinski definition) is 2. The summed E-state index contributed by atoms with van der Waals surface area (Å²) in [4.78, 5) is 0. The van der Waals surface area contributed by atoms with Gasteiger partial charge in [0.05, 0.1) is 12.5 Å². The molecular formula is C12H21NO. The van der Waals surface area contributed by atoms with E-state index in [0.717, 1.165) is 6.42 Å². The van der Waals surface area contributed by atoms with Gasteiger partial charge in [0.2, 0.25) is 0 Å². The van der Waals surface area contributed by atoms with Gasteiger partial charge < -0.3 is 9.73 Å². The van der Waals surface area contributed by atoms with Crippen LogP contribution in [0.15, 0.2) is 23.0 Å². The second-order valence-electron chi connectivity index (χ2n) is 4.52. The van der Waals surface area contributed by atoms with Gasteiger partial charge in [0.1, 0.15) is 0 Å². The monoisotopic (exact) mass is 195 g/mol. The molecule has 1 aromatic rings. The Morgan fingerprint density at radius 1 is 1.50 bits per heavy atom. The van der Waals surface area contributed by atoms with Gasteiger partial charge in [0.25, 0.3) is 0 Å². The Balaban J connectivity index is 2.64. The zero-order chi connectivity index (χ0) is 10.6. The fourth-order valence-corrected chi connectivity index (χ4v) is 1.66.